The largest absolute Gasteiger partial charge is 0.468 e. The van der Waals surface area contributed by atoms with Crippen LogP contribution in [0.2, 0.25) is 0 Å². The Morgan fingerprint density at radius 3 is 2.84 bits per heavy atom. The number of carbonyl (C=O) groups excluding carboxylic acids is 3. The lowest BCUT2D eigenvalue weighted by molar-refractivity contribution is -0.141. The van der Waals surface area contributed by atoms with Gasteiger partial charge >= 0.3 is 5.97 Å². The molecule has 0 saturated carbocycles. The van der Waals surface area contributed by atoms with Crippen molar-refractivity contribution in [3.8, 4) is 0 Å². The molecule has 0 aromatic carbocycles. The third-order valence-corrected chi connectivity index (χ3v) is 3.19. The van der Waals surface area contributed by atoms with Crippen molar-refractivity contribution in [2.24, 2.45) is 5.73 Å². The van der Waals surface area contributed by atoms with Gasteiger partial charge in [0.2, 0.25) is 5.91 Å². The second-order valence-electron chi connectivity index (χ2n) is 3.61. The quantitative estimate of drug-likeness (QED) is 0.607. The highest BCUT2D eigenvalue weighted by Gasteiger charge is 2.15. The Morgan fingerprint density at radius 2 is 2.26 bits per heavy atom. The second kappa shape index (κ2) is 7.59. The zero-order valence-electron chi connectivity index (χ0n) is 10.3. The van der Waals surface area contributed by atoms with Gasteiger partial charge in [0.1, 0.15) is 11.7 Å². The highest BCUT2D eigenvalue weighted by molar-refractivity contribution is 8.00. The van der Waals surface area contributed by atoms with E-state index in [4.69, 9.17) is 5.73 Å². The highest BCUT2D eigenvalue weighted by Crippen LogP contribution is 2.03. The number of thioether (sulfide) groups is 1. The molecule has 0 aliphatic rings. The van der Waals surface area contributed by atoms with Gasteiger partial charge in [-0.3, -0.25) is 19.7 Å². The summed E-state index contributed by atoms with van der Waals surface area (Å²) in [6, 6.07) is 2.44. The molecule has 1 atom stereocenters. The van der Waals surface area contributed by atoms with Gasteiger partial charge in [-0.25, -0.2) is 0 Å². The van der Waals surface area contributed by atoms with Crippen LogP contribution in [0.15, 0.2) is 18.3 Å². The molecule has 0 saturated heterocycles. The lowest BCUT2D eigenvalue weighted by atomic mass is 10.4. The van der Waals surface area contributed by atoms with Crippen molar-refractivity contribution in [3.05, 3.63) is 24.0 Å². The van der Waals surface area contributed by atoms with Crippen molar-refractivity contribution < 1.29 is 19.1 Å². The van der Waals surface area contributed by atoms with Crippen LogP contribution in [-0.2, 0) is 14.3 Å². The zero-order chi connectivity index (χ0) is 14.3. The van der Waals surface area contributed by atoms with Crippen LogP contribution in [0.4, 0.5) is 0 Å². The minimum atomic E-state index is -0.776. The third-order valence-electron chi connectivity index (χ3n) is 2.13. The highest BCUT2D eigenvalue weighted by atomic mass is 32.2. The normalized spacial score (nSPS) is 11.7. The van der Waals surface area contributed by atoms with Gasteiger partial charge in [0.15, 0.2) is 0 Å². The third kappa shape index (κ3) is 5.14. The molecule has 1 unspecified atom stereocenters. The number of ether oxygens (including phenoxy) is 1. The summed E-state index contributed by atoms with van der Waals surface area (Å²) in [5.41, 5.74) is 5.80. The van der Waals surface area contributed by atoms with Gasteiger partial charge in [-0.15, -0.1) is 11.8 Å². The van der Waals surface area contributed by atoms with Gasteiger partial charge in [0, 0.05) is 11.9 Å². The van der Waals surface area contributed by atoms with Crippen molar-refractivity contribution in [1.29, 1.82) is 0 Å². The summed E-state index contributed by atoms with van der Waals surface area (Å²) in [6.45, 7) is 0. The number of nitrogens with one attached hydrogen (secondary N) is 2. The molecule has 1 rings (SSSR count). The van der Waals surface area contributed by atoms with Crippen LogP contribution in [0.1, 0.15) is 10.5 Å². The first kappa shape index (κ1) is 15.3. The summed E-state index contributed by atoms with van der Waals surface area (Å²) < 4.78 is 4.45. The molecule has 104 valence electrons. The molecule has 2 amide bonds. The van der Waals surface area contributed by atoms with E-state index < -0.39 is 23.8 Å². The molecule has 1 heterocycles. The molecule has 0 bridgehead atoms. The maximum atomic E-state index is 11.5. The number of rotatable bonds is 6. The van der Waals surface area contributed by atoms with Crippen LogP contribution in [0.3, 0.4) is 0 Å². The topological polar surface area (TPSA) is 114 Å². The standard InChI is InChI=1S/C11H15N3O4S/c1-18-11(17)7(12)5-19-6-9(15)14-10(16)8-3-2-4-13-8/h2-4,7,13H,5-6,12H2,1H3,(H,14,15,16). The smallest absolute Gasteiger partial charge is 0.323 e. The summed E-state index contributed by atoms with van der Waals surface area (Å²) in [4.78, 5) is 36.6. The molecule has 0 radical (unpaired) electrons. The van der Waals surface area contributed by atoms with E-state index in [2.05, 4.69) is 15.0 Å². The summed E-state index contributed by atoms with van der Waals surface area (Å²) in [6.07, 6.45) is 1.59. The Morgan fingerprint density at radius 1 is 1.53 bits per heavy atom. The van der Waals surface area contributed by atoms with Crippen molar-refractivity contribution in [3.63, 3.8) is 0 Å². The van der Waals surface area contributed by atoms with Gasteiger partial charge in [-0.1, -0.05) is 0 Å². The fourth-order valence-electron chi connectivity index (χ4n) is 1.20. The maximum absolute atomic E-state index is 11.5. The first-order valence-corrected chi connectivity index (χ1v) is 6.58. The van der Waals surface area contributed by atoms with Crippen LogP contribution >= 0.6 is 11.8 Å². The van der Waals surface area contributed by atoms with Gasteiger partial charge < -0.3 is 15.5 Å². The molecule has 1 aromatic heterocycles. The Labute approximate surface area is 114 Å². The fourth-order valence-corrected chi connectivity index (χ4v) is 1.97. The van der Waals surface area contributed by atoms with Crippen molar-refractivity contribution in [2.45, 2.75) is 6.04 Å². The summed E-state index contributed by atoms with van der Waals surface area (Å²) in [5.74, 6) is -1.18. The maximum Gasteiger partial charge on any atom is 0.323 e. The molecule has 0 spiro atoms. The van der Waals surface area contributed by atoms with Crippen molar-refractivity contribution in [1.82, 2.24) is 10.3 Å². The van der Waals surface area contributed by atoms with E-state index in [9.17, 15) is 14.4 Å². The molecule has 4 N–H and O–H groups in total. The van der Waals surface area contributed by atoms with Crippen molar-refractivity contribution >= 4 is 29.5 Å². The Hall–Kier alpha value is -1.80. The lowest BCUT2D eigenvalue weighted by Crippen LogP contribution is -2.35. The number of imide groups is 1. The van der Waals surface area contributed by atoms with Crippen LogP contribution in [0.5, 0.6) is 0 Å². The number of H-pyrrole nitrogens is 1. The SMILES string of the molecule is COC(=O)C(N)CSCC(=O)NC(=O)c1ccc[nH]1. The summed E-state index contributed by atoms with van der Waals surface area (Å²) in [5, 5.41) is 2.21. The van der Waals surface area contributed by atoms with E-state index in [0.29, 0.717) is 5.69 Å². The number of hydrogen-bond acceptors (Lipinski definition) is 6. The molecule has 0 fully saturated rings. The molecule has 19 heavy (non-hydrogen) atoms. The Kier molecular flexibility index (Phi) is 6.10. The molecular formula is C11H15N3O4S. The number of methoxy groups -OCH3 is 1. The Balaban J connectivity index is 2.25. The average molecular weight is 285 g/mol. The summed E-state index contributed by atoms with van der Waals surface area (Å²) >= 11 is 1.15. The van der Waals surface area contributed by atoms with Gasteiger partial charge in [-0.2, -0.15) is 0 Å². The number of esters is 1. The van der Waals surface area contributed by atoms with Gasteiger partial charge in [0.25, 0.3) is 5.91 Å². The van der Waals surface area contributed by atoms with Crippen LogP contribution in [0, 0.1) is 0 Å². The minimum absolute atomic E-state index is 0.0388. The van der Waals surface area contributed by atoms with Crippen LogP contribution < -0.4 is 11.1 Å². The molecule has 8 heteroatoms. The molecule has 1 aromatic rings. The first-order valence-electron chi connectivity index (χ1n) is 5.43. The van der Waals surface area contributed by atoms with Crippen molar-refractivity contribution in [2.75, 3.05) is 18.6 Å². The fraction of sp³-hybridized carbons (Fsp3) is 0.364. The number of hydrogen-bond donors (Lipinski definition) is 3. The average Bonchev–Trinajstić information content (AvgIpc) is 2.91. The lowest BCUT2D eigenvalue weighted by Gasteiger charge is -2.08. The number of aromatic amines is 1. The molecule has 7 nitrogen and oxygen atoms in total. The van der Waals surface area contributed by atoms with E-state index in [1.54, 1.807) is 18.3 Å². The first-order chi connectivity index (χ1) is 9.04. The van der Waals surface area contributed by atoms with E-state index >= 15 is 0 Å². The summed E-state index contributed by atoms with van der Waals surface area (Å²) in [7, 11) is 1.24. The number of aromatic nitrogens is 1. The van der Waals surface area contributed by atoms with Crippen LogP contribution in [0.25, 0.3) is 0 Å². The number of nitrogens with two attached hydrogens (primary N) is 1. The minimum Gasteiger partial charge on any atom is -0.468 e. The monoisotopic (exact) mass is 285 g/mol. The second-order valence-corrected chi connectivity index (χ2v) is 4.64. The molecule has 0 aliphatic carbocycles. The zero-order valence-corrected chi connectivity index (χ0v) is 11.2. The predicted molar refractivity (Wildman–Crippen MR) is 70.6 cm³/mol. The molecular weight excluding hydrogens is 270 g/mol. The predicted octanol–water partition coefficient (Wildman–Crippen LogP) is -0.495. The van der Waals surface area contributed by atoms with E-state index in [1.807, 2.05) is 0 Å². The van der Waals surface area contributed by atoms with E-state index in [0.717, 1.165) is 11.8 Å². The Bertz CT molecular complexity index is 447. The van der Waals surface area contributed by atoms with Gasteiger partial charge in [-0.05, 0) is 12.1 Å². The molecule has 0 aliphatic heterocycles. The number of amides is 2. The van der Waals surface area contributed by atoms with E-state index in [-0.39, 0.29) is 11.5 Å². The van der Waals surface area contributed by atoms with Gasteiger partial charge in [0.05, 0.1) is 12.9 Å². The van der Waals surface area contributed by atoms with Crippen LogP contribution in [-0.4, -0.2) is 47.4 Å². The number of carbonyl (C=O) groups is 3. The van der Waals surface area contributed by atoms with E-state index in [1.165, 1.54) is 7.11 Å².